The van der Waals surface area contributed by atoms with E-state index in [0.29, 0.717) is 19.4 Å². The van der Waals surface area contributed by atoms with Gasteiger partial charge in [-0.15, -0.1) is 0 Å². The Morgan fingerprint density at radius 1 is 0.889 bits per heavy atom. The Hall–Kier alpha value is -4.78. The molecule has 0 amide bonds. The summed E-state index contributed by atoms with van der Waals surface area (Å²) in [6, 6.07) is 24.0. The minimum absolute atomic E-state index is 0.230. The van der Waals surface area contributed by atoms with Crippen molar-refractivity contribution in [3.05, 3.63) is 90.8 Å². The lowest BCUT2D eigenvalue weighted by molar-refractivity contribution is 0.142. The smallest absolute Gasteiger partial charge is 0.493 e. The lowest BCUT2D eigenvalue weighted by Gasteiger charge is -2.10. The number of rotatable bonds is 7. The predicted octanol–water partition coefficient (Wildman–Crippen LogP) is 6.93. The molecule has 0 saturated carbocycles. The number of fused-ring (bicyclic) bond motifs is 3. The molecule has 36 heavy (non-hydrogen) atoms. The molecule has 7 heteroatoms. The number of aryl methyl sites for hydroxylation is 1. The second-order valence-electron chi connectivity index (χ2n) is 8.56. The molecule has 0 spiro atoms. The molecule has 3 N–H and O–H groups in total. The van der Waals surface area contributed by atoms with E-state index in [4.69, 9.17) is 9.47 Å². The van der Waals surface area contributed by atoms with Crippen molar-refractivity contribution in [2.45, 2.75) is 12.8 Å². The Kier molecular flexibility index (Phi) is 5.50. The highest BCUT2D eigenvalue weighted by molar-refractivity contribution is 6.03. The fraction of sp³-hybridized carbons (Fsp3) is 0.103. The van der Waals surface area contributed by atoms with Crippen LogP contribution in [0.2, 0.25) is 0 Å². The molecule has 0 radical (unpaired) electrons. The maximum atomic E-state index is 11.4. The average Bonchev–Trinajstić information content (AvgIpc) is 3.51. The van der Waals surface area contributed by atoms with Crippen LogP contribution in [0.4, 0.5) is 4.79 Å². The van der Waals surface area contributed by atoms with E-state index in [1.807, 2.05) is 66.9 Å². The van der Waals surface area contributed by atoms with Crippen LogP contribution in [0.1, 0.15) is 12.0 Å². The zero-order valence-electron chi connectivity index (χ0n) is 19.3. The molecule has 3 aromatic heterocycles. The Morgan fingerprint density at radius 2 is 1.72 bits per heavy atom. The number of carbonyl (C=O) groups is 1. The summed E-state index contributed by atoms with van der Waals surface area (Å²) in [6.45, 7) is 0.482. The number of nitrogens with zero attached hydrogens (tertiary/aromatic N) is 1. The normalized spacial score (nSPS) is 11.3. The molecule has 0 saturated heterocycles. The number of aromatic nitrogens is 3. The van der Waals surface area contributed by atoms with Gasteiger partial charge in [0.05, 0.1) is 23.3 Å². The van der Waals surface area contributed by atoms with Crippen molar-refractivity contribution in [2.24, 2.45) is 0 Å². The first kappa shape index (κ1) is 21.7. The van der Waals surface area contributed by atoms with E-state index in [9.17, 15) is 9.90 Å². The molecule has 7 nitrogen and oxygen atoms in total. The summed E-state index contributed by atoms with van der Waals surface area (Å²) >= 11 is 0. The van der Waals surface area contributed by atoms with E-state index in [1.165, 1.54) is 0 Å². The number of hydrogen-bond acceptors (Lipinski definition) is 4. The third kappa shape index (κ3) is 3.90. The van der Waals surface area contributed by atoms with E-state index in [2.05, 4.69) is 27.1 Å². The average molecular weight is 478 g/mol. The summed E-state index contributed by atoms with van der Waals surface area (Å²) in [6.07, 6.45) is 3.55. The lowest BCUT2D eigenvalue weighted by Crippen LogP contribution is -2.06. The Balaban J connectivity index is 1.31. The number of ether oxygens (including phenoxy) is 2. The molecule has 0 aliphatic rings. The molecule has 0 atom stereocenters. The highest BCUT2D eigenvalue weighted by Gasteiger charge is 2.19. The second kappa shape index (κ2) is 9.11. The van der Waals surface area contributed by atoms with Crippen molar-refractivity contribution in [2.75, 3.05) is 6.61 Å². The van der Waals surface area contributed by atoms with Gasteiger partial charge in [0.2, 0.25) is 5.88 Å². The van der Waals surface area contributed by atoms with E-state index in [-0.39, 0.29) is 5.88 Å². The van der Waals surface area contributed by atoms with Crippen LogP contribution in [0.3, 0.4) is 0 Å². The standard InChI is InChI=1S/C29H23N3O4/c33-29(34)36-28-22(11-5-17-35-24-12-3-7-18-6-1-2-8-20(18)24)21-9-4-10-23(26(21)32-28)27-25-19(13-15-30-25)14-16-31-27/h1-4,6-10,12-16,30,32H,5,11,17H2,(H,33,34). The third-order valence-corrected chi connectivity index (χ3v) is 6.40. The number of hydrogen-bond donors (Lipinski definition) is 3. The van der Waals surface area contributed by atoms with Crippen molar-refractivity contribution >= 4 is 38.7 Å². The van der Waals surface area contributed by atoms with Gasteiger partial charge in [-0.1, -0.05) is 54.6 Å². The van der Waals surface area contributed by atoms with E-state index >= 15 is 0 Å². The largest absolute Gasteiger partial charge is 0.512 e. The number of pyridine rings is 1. The van der Waals surface area contributed by atoms with Gasteiger partial charge < -0.3 is 24.5 Å². The molecular formula is C29H23N3O4. The Morgan fingerprint density at radius 3 is 2.64 bits per heavy atom. The summed E-state index contributed by atoms with van der Waals surface area (Å²) in [7, 11) is 0. The second-order valence-corrected chi connectivity index (χ2v) is 8.56. The number of H-pyrrole nitrogens is 2. The van der Waals surface area contributed by atoms with Gasteiger partial charge in [-0.25, -0.2) is 4.79 Å². The summed E-state index contributed by atoms with van der Waals surface area (Å²) in [5.74, 6) is 1.07. The van der Waals surface area contributed by atoms with Crippen molar-refractivity contribution in [1.29, 1.82) is 0 Å². The van der Waals surface area contributed by atoms with Crippen LogP contribution >= 0.6 is 0 Å². The minimum atomic E-state index is -1.36. The summed E-state index contributed by atoms with van der Waals surface area (Å²) in [5.41, 5.74) is 4.17. The Bertz CT molecular complexity index is 1710. The van der Waals surface area contributed by atoms with Crippen LogP contribution in [0.5, 0.6) is 11.6 Å². The minimum Gasteiger partial charge on any atom is -0.493 e. The van der Waals surface area contributed by atoms with Crippen LogP contribution in [0, 0.1) is 0 Å². The molecule has 0 aliphatic carbocycles. The summed E-state index contributed by atoms with van der Waals surface area (Å²) in [5, 5.41) is 13.5. The third-order valence-electron chi connectivity index (χ3n) is 6.40. The number of nitrogens with one attached hydrogen (secondary N) is 2. The van der Waals surface area contributed by atoms with Gasteiger partial charge >= 0.3 is 6.16 Å². The van der Waals surface area contributed by atoms with Gasteiger partial charge in [-0.05, 0) is 36.4 Å². The number of aromatic amines is 2. The van der Waals surface area contributed by atoms with Crippen LogP contribution in [0.15, 0.2) is 85.2 Å². The van der Waals surface area contributed by atoms with Crippen LogP contribution in [0.25, 0.3) is 43.8 Å². The highest BCUT2D eigenvalue weighted by atomic mass is 16.7. The van der Waals surface area contributed by atoms with Crippen molar-refractivity contribution < 1.29 is 19.4 Å². The molecule has 0 fully saturated rings. The first-order valence-corrected chi connectivity index (χ1v) is 11.8. The number of carboxylic acid groups (broad SMARTS) is 1. The number of benzene rings is 3. The molecule has 0 aliphatic heterocycles. The van der Waals surface area contributed by atoms with Gasteiger partial charge in [-0.3, -0.25) is 4.98 Å². The molecular weight excluding hydrogens is 454 g/mol. The first-order chi connectivity index (χ1) is 17.7. The topological polar surface area (TPSA) is 100 Å². The summed E-state index contributed by atoms with van der Waals surface area (Å²) < 4.78 is 11.3. The molecule has 3 heterocycles. The van der Waals surface area contributed by atoms with Crippen molar-refractivity contribution in [3.63, 3.8) is 0 Å². The highest BCUT2D eigenvalue weighted by Crippen LogP contribution is 2.37. The molecule has 6 rings (SSSR count). The van der Waals surface area contributed by atoms with Crippen molar-refractivity contribution in [1.82, 2.24) is 15.0 Å². The van der Waals surface area contributed by atoms with Gasteiger partial charge in [0.1, 0.15) is 5.75 Å². The fourth-order valence-electron chi connectivity index (χ4n) is 4.81. The zero-order chi connectivity index (χ0) is 24.5. The molecule has 3 aromatic carbocycles. The van der Waals surface area contributed by atoms with E-state index in [0.717, 1.165) is 55.1 Å². The SMILES string of the molecule is O=C(O)Oc1[nH]c2c(-c3nccc4cc[nH]c34)cccc2c1CCCOc1cccc2ccccc12. The van der Waals surface area contributed by atoms with Gasteiger partial charge in [0, 0.05) is 39.7 Å². The van der Waals surface area contributed by atoms with Gasteiger partial charge in [-0.2, -0.15) is 0 Å². The van der Waals surface area contributed by atoms with E-state index in [1.54, 1.807) is 6.20 Å². The van der Waals surface area contributed by atoms with Crippen molar-refractivity contribution in [3.8, 4) is 22.9 Å². The molecule has 0 unspecified atom stereocenters. The monoisotopic (exact) mass is 477 g/mol. The van der Waals surface area contributed by atoms with Crippen LogP contribution < -0.4 is 9.47 Å². The molecule has 0 bridgehead atoms. The van der Waals surface area contributed by atoms with Crippen LogP contribution in [-0.4, -0.2) is 32.8 Å². The van der Waals surface area contributed by atoms with Gasteiger partial charge in [0.15, 0.2) is 0 Å². The molecule has 6 aromatic rings. The predicted molar refractivity (Wildman–Crippen MR) is 140 cm³/mol. The van der Waals surface area contributed by atoms with Gasteiger partial charge in [0.25, 0.3) is 0 Å². The Labute approximate surface area is 206 Å². The maximum Gasteiger partial charge on any atom is 0.512 e. The maximum absolute atomic E-state index is 11.4. The first-order valence-electron chi connectivity index (χ1n) is 11.8. The summed E-state index contributed by atoms with van der Waals surface area (Å²) in [4.78, 5) is 22.5. The quantitative estimate of drug-likeness (QED) is 0.171. The van der Waals surface area contributed by atoms with Crippen LogP contribution in [-0.2, 0) is 6.42 Å². The fourth-order valence-corrected chi connectivity index (χ4v) is 4.81. The lowest BCUT2D eigenvalue weighted by atomic mass is 10.0. The van der Waals surface area contributed by atoms with E-state index < -0.39 is 6.16 Å². The molecule has 178 valence electrons. The number of para-hydroxylation sites is 1. The zero-order valence-corrected chi connectivity index (χ0v) is 19.3.